The Morgan fingerprint density at radius 1 is 0.742 bits per heavy atom. The maximum atomic E-state index is 12.4. The minimum absolute atomic E-state index is 0.206. The summed E-state index contributed by atoms with van der Waals surface area (Å²) in [5.74, 6) is -0.212. The molecule has 0 unspecified atom stereocenters. The van der Waals surface area contributed by atoms with Crippen LogP contribution in [0.3, 0.4) is 0 Å². The van der Waals surface area contributed by atoms with Gasteiger partial charge in [0, 0.05) is 5.56 Å². The minimum atomic E-state index is -0.418. The van der Waals surface area contributed by atoms with Crippen LogP contribution in [0.1, 0.15) is 73.9 Å². The molecule has 0 atom stereocenters. The second-order valence-electron chi connectivity index (χ2n) is 7.94. The van der Waals surface area contributed by atoms with E-state index in [4.69, 9.17) is 4.74 Å². The van der Waals surface area contributed by atoms with Gasteiger partial charge in [-0.15, -0.1) is 0 Å². The second-order valence-corrected chi connectivity index (χ2v) is 7.94. The molecule has 2 aromatic carbocycles. The van der Waals surface area contributed by atoms with Gasteiger partial charge in [-0.3, -0.25) is 0 Å². The maximum absolute atomic E-state index is 12.4. The molecule has 162 valence electrons. The molecule has 0 saturated heterocycles. The van der Waals surface area contributed by atoms with Gasteiger partial charge in [0.15, 0.2) is 0 Å². The monoisotopic (exact) mass is 416 g/mol. The number of esters is 1. The predicted octanol–water partition coefficient (Wildman–Crippen LogP) is 6.83. The zero-order valence-electron chi connectivity index (χ0n) is 18.6. The van der Waals surface area contributed by atoms with E-state index in [9.17, 15) is 4.79 Å². The van der Waals surface area contributed by atoms with E-state index in [2.05, 4.69) is 48.1 Å². The molecular weight excluding hydrogens is 384 g/mol. The first-order valence-electron chi connectivity index (χ1n) is 11.4. The number of benzene rings is 2. The summed E-state index contributed by atoms with van der Waals surface area (Å²) in [5, 5.41) is 0. The van der Waals surface area contributed by atoms with Gasteiger partial charge >= 0.3 is 5.97 Å². The molecule has 0 fully saturated rings. The van der Waals surface area contributed by atoms with Gasteiger partial charge in [-0.05, 0) is 48.9 Å². The number of carbonyl (C=O) groups is 1. The van der Waals surface area contributed by atoms with E-state index < -0.39 is 5.97 Å². The van der Waals surface area contributed by atoms with Crippen LogP contribution < -0.4 is 4.74 Å². The number of carbonyl (C=O) groups excluding carboxylic acids is 1. The van der Waals surface area contributed by atoms with Gasteiger partial charge in [0.05, 0.1) is 23.7 Å². The summed E-state index contributed by atoms with van der Waals surface area (Å²) in [5.41, 5.74) is 4.86. The Morgan fingerprint density at radius 2 is 1.32 bits per heavy atom. The quantitative estimate of drug-likeness (QED) is 0.254. The van der Waals surface area contributed by atoms with Gasteiger partial charge in [-0.2, -0.15) is 0 Å². The molecule has 0 aliphatic heterocycles. The Bertz CT molecular complexity index is 932. The summed E-state index contributed by atoms with van der Waals surface area (Å²) in [7, 11) is 0. The molecule has 0 aliphatic carbocycles. The fourth-order valence-corrected chi connectivity index (χ4v) is 3.48. The van der Waals surface area contributed by atoms with E-state index in [1.54, 1.807) is 6.20 Å². The van der Waals surface area contributed by atoms with Gasteiger partial charge in [-0.1, -0.05) is 75.9 Å². The van der Waals surface area contributed by atoms with Crippen molar-refractivity contribution in [3.63, 3.8) is 0 Å². The lowest BCUT2D eigenvalue weighted by atomic mass is 10.0. The number of aromatic nitrogens is 2. The Kier molecular flexibility index (Phi) is 8.77. The number of aryl methyl sites for hydroxylation is 2. The van der Waals surface area contributed by atoms with Crippen LogP contribution in [0.25, 0.3) is 11.3 Å². The van der Waals surface area contributed by atoms with E-state index in [1.165, 1.54) is 55.8 Å². The Labute approximate surface area is 185 Å². The van der Waals surface area contributed by atoms with Crippen molar-refractivity contribution < 1.29 is 9.53 Å². The van der Waals surface area contributed by atoms with Crippen molar-refractivity contribution in [2.75, 3.05) is 0 Å². The average molecular weight is 417 g/mol. The number of hydrogen-bond donors (Lipinski definition) is 0. The zero-order chi connectivity index (χ0) is 21.9. The van der Waals surface area contributed by atoms with Crippen molar-refractivity contribution >= 4 is 5.97 Å². The highest BCUT2D eigenvalue weighted by molar-refractivity contribution is 5.90. The summed E-state index contributed by atoms with van der Waals surface area (Å²) in [6, 6.07) is 16.0. The maximum Gasteiger partial charge on any atom is 0.344 e. The molecule has 0 saturated carbocycles. The first kappa shape index (κ1) is 22.7. The molecule has 4 heteroatoms. The largest absolute Gasteiger partial charge is 0.402 e. The molecular formula is C27H32N2O2. The van der Waals surface area contributed by atoms with Crippen LogP contribution in [0.2, 0.25) is 0 Å². The summed E-state index contributed by atoms with van der Waals surface area (Å²) in [6.07, 6.45) is 12.6. The third-order valence-corrected chi connectivity index (χ3v) is 5.40. The van der Waals surface area contributed by atoms with Crippen LogP contribution >= 0.6 is 0 Å². The highest BCUT2D eigenvalue weighted by atomic mass is 16.5. The average Bonchev–Trinajstić information content (AvgIpc) is 2.81. The topological polar surface area (TPSA) is 52.1 Å². The number of ether oxygens (including phenoxy) is 1. The Balaban J connectivity index is 1.55. The van der Waals surface area contributed by atoms with Gasteiger partial charge < -0.3 is 4.74 Å². The normalized spacial score (nSPS) is 10.8. The van der Waals surface area contributed by atoms with E-state index in [-0.39, 0.29) is 5.88 Å². The van der Waals surface area contributed by atoms with Gasteiger partial charge in [0.1, 0.15) is 0 Å². The standard InChI is InChI=1S/C27H32N2O2/c1-3-5-7-9-21-11-15-23(16-12-21)25-19-29-26(20-28-25)31-27(30)24-17-13-22(14-18-24)10-8-6-4-2/h11-20H,3-10H2,1-2H3. The van der Waals surface area contributed by atoms with E-state index in [0.29, 0.717) is 5.56 Å². The number of hydrogen-bond acceptors (Lipinski definition) is 4. The highest BCUT2D eigenvalue weighted by Gasteiger charge is 2.10. The third kappa shape index (κ3) is 7.02. The molecule has 0 radical (unpaired) electrons. The molecule has 0 aliphatic rings. The van der Waals surface area contributed by atoms with Crippen LogP contribution in [0, 0.1) is 0 Å². The summed E-state index contributed by atoms with van der Waals surface area (Å²) >= 11 is 0. The predicted molar refractivity (Wildman–Crippen MR) is 125 cm³/mol. The molecule has 3 aromatic rings. The van der Waals surface area contributed by atoms with E-state index in [1.807, 2.05) is 24.3 Å². The SMILES string of the molecule is CCCCCc1ccc(C(=O)Oc2cnc(-c3ccc(CCCCC)cc3)cn2)cc1. The molecule has 0 bridgehead atoms. The lowest BCUT2D eigenvalue weighted by Crippen LogP contribution is -2.09. The van der Waals surface area contributed by atoms with Crippen molar-refractivity contribution in [1.82, 2.24) is 9.97 Å². The number of nitrogens with zero attached hydrogens (tertiary/aromatic N) is 2. The van der Waals surface area contributed by atoms with Crippen molar-refractivity contribution in [3.8, 4) is 17.1 Å². The molecule has 0 N–H and O–H groups in total. The summed E-state index contributed by atoms with van der Waals surface area (Å²) in [6.45, 7) is 4.41. The van der Waals surface area contributed by atoms with Gasteiger partial charge in [-0.25, -0.2) is 14.8 Å². The van der Waals surface area contributed by atoms with Crippen molar-refractivity contribution in [1.29, 1.82) is 0 Å². The van der Waals surface area contributed by atoms with Gasteiger partial charge in [0.25, 0.3) is 0 Å². The molecule has 0 amide bonds. The van der Waals surface area contributed by atoms with E-state index >= 15 is 0 Å². The van der Waals surface area contributed by atoms with Crippen LogP contribution in [0.5, 0.6) is 5.88 Å². The first-order valence-corrected chi connectivity index (χ1v) is 11.4. The van der Waals surface area contributed by atoms with Crippen molar-refractivity contribution in [2.24, 2.45) is 0 Å². The van der Waals surface area contributed by atoms with Crippen molar-refractivity contribution in [3.05, 3.63) is 77.6 Å². The van der Waals surface area contributed by atoms with Crippen molar-refractivity contribution in [2.45, 2.75) is 65.2 Å². The summed E-state index contributed by atoms with van der Waals surface area (Å²) in [4.78, 5) is 21.1. The van der Waals surface area contributed by atoms with Gasteiger partial charge in [0.2, 0.25) is 5.88 Å². The highest BCUT2D eigenvalue weighted by Crippen LogP contribution is 2.20. The lowest BCUT2D eigenvalue weighted by molar-refractivity contribution is 0.0727. The number of unbranched alkanes of at least 4 members (excludes halogenated alkanes) is 4. The third-order valence-electron chi connectivity index (χ3n) is 5.40. The summed E-state index contributed by atoms with van der Waals surface area (Å²) < 4.78 is 5.39. The zero-order valence-corrected chi connectivity index (χ0v) is 18.6. The van der Waals surface area contributed by atoms with Crippen LogP contribution in [-0.2, 0) is 12.8 Å². The molecule has 4 nitrogen and oxygen atoms in total. The Morgan fingerprint density at radius 3 is 1.84 bits per heavy atom. The first-order chi connectivity index (χ1) is 15.2. The Hall–Kier alpha value is -3.01. The van der Waals surface area contributed by atoms with Crippen LogP contribution in [0.15, 0.2) is 60.9 Å². The van der Waals surface area contributed by atoms with Crippen LogP contribution in [0.4, 0.5) is 0 Å². The molecule has 0 spiro atoms. The fraction of sp³-hybridized carbons (Fsp3) is 0.370. The van der Waals surface area contributed by atoms with Crippen LogP contribution in [-0.4, -0.2) is 15.9 Å². The number of rotatable bonds is 11. The second kappa shape index (κ2) is 12.0. The smallest absolute Gasteiger partial charge is 0.344 e. The fourth-order valence-electron chi connectivity index (χ4n) is 3.48. The molecule has 1 heterocycles. The molecule has 1 aromatic heterocycles. The molecule has 31 heavy (non-hydrogen) atoms. The van der Waals surface area contributed by atoms with E-state index in [0.717, 1.165) is 24.1 Å². The molecule has 3 rings (SSSR count). The lowest BCUT2D eigenvalue weighted by Gasteiger charge is -2.06. The minimum Gasteiger partial charge on any atom is -0.402 e.